The Hall–Kier alpha value is 0.267. The standard InChI is InChI=1S/C6H2Cl3Si.C4H10O/c7-3-1-2-4(10)6(9)5(3)8;1-3-5-4-2/h1-2H;3-4H2,1-2H3. The minimum Gasteiger partial charge on any atom is -0.382 e. The molecule has 0 saturated heterocycles. The van der Waals surface area contributed by atoms with Gasteiger partial charge in [-0.2, -0.15) is 0 Å². The fourth-order valence-corrected chi connectivity index (χ4v) is 1.55. The molecular formula is C10H12Cl3OSi. The highest BCUT2D eigenvalue weighted by Gasteiger charge is 2.03. The lowest BCUT2D eigenvalue weighted by atomic mass is 10.3. The number of ether oxygens (including phenoxy) is 1. The first-order chi connectivity index (χ1) is 7.04. The molecule has 0 unspecified atom stereocenters. The Morgan fingerprint density at radius 3 is 1.93 bits per heavy atom. The second-order valence-electron chi connectivity index (χ2n) is 2.50. The maximum atomic E-state index is 5.72. The smallest absolute Gasteiger partial charge is 0.0776 e. The van der Waals surface area contributed by atoms with Gasteiger partial charge in [-0.3, -0.25) is 0 Å². The topological polar surface area (TPSA) is 9.23 Å². The SMILES string of the molecule is CCOCC.[Si]c1ccc(Cl)c(Cl)c1Cl. The van der Waals surface area contributed by atoms with Crippen LogP contribution in [0.4, 0.5) is 0 Å². The van der Waals surface area contributed by atoms with Crippen molar-refractivity contribution in [3.8, 4) is 0 Å². The molecule has 0 aromatic heterocycles. The molecule has 0 heterocycles. The minimum atomic E-state index is 0.385. The normalized spacial score (nSPS) is 9.47. The van der Waals surface area contributed by atoms with Gasteiger partial charge in [0.25, 0.3) is 0 Å². The van der Waals surface area contributed by atoms with Crippen LogP contribution in [0.25, 0.3) is 0 Å². The van der Waals surface area contributed by atoms with Gasteiger partial charge in [-0.25, -0.2) is 0 Å². The van der Waals surface area contributed by atoms with Gasteiger partial charge in [-0.15, -0.1) is 0 Å². The molecular weight excluding hydrogens is 271 g/mol. The summed E-state index contributed by atoms with van der Waals surface area (Å²) in [4.78, 5) is 0. The molecule has 0 bridgehead atoms. The zero-order chi connectivity index (χ0) is 11.8. The molecule has 0 spiro atoms. The number of hydrogen-bond acceptors (Lipinski definition) is 1. The summed E-state index contributed by atoms with van der Waals surface area (Å²) in [5.41, 5.74) is 0. The Labute approximate surface area is 109 Å². The molecule has 3 radical (unpaired) electrons. The average molecular weight is 283 g/mol. The maximum absolute atomic E-state index is 5.72. The molecule has 0 aliphatic rings. The van der Waals surface area contributed by atoms with E-state index in [-0.39, 0.29) is 0 Å². The van der Waals surface area contributed by atoms with Gasteiger partial charge in [0.1, 0.15) is 0 Å². The van der Waals surface area contributed by atoms with E-state index < -0.39 is 0 Å². The number of hydrogen-bond donors (Lipinski definition) is 0. The predicted molar refractivity (Wildman–Crippen MR) is 69.0 cm³/mol. The monoisotopic (exact) mass is 281 g/mol. The van der Waals surface area contributed by atoms with Crippen LogP contribution < -0.4 is 5.19 Å². The molecule has 0 N–H and O–H groups in total. The minimum absolute atomic E-state index is 0.385. The van der Waals surface area contributed by atoms with E-state index >= 15 is 0 Å². The van der Waals surface area contributed by atoms with Crippen LogP contribution in [0.3, 0.4) is 0 Å². The Kier molecular flexibility index (Phi) is 8.57. The Balaban J connectivity index is 0.000000336. The zero-order valence-electron chi connectivity index (χ0n) is 8.61. The van der Waals surface area contributed by atoms with Crippen LogP contribution in [0.5, 0.6) is 0 Å². The lowest BCUT2D eigenvalue weighted by Gasteiger charge is -2.00. The van der Waals surface area contributed by atoms with Gasteiger partial charge in [0.2, 0.25) is 0 Å². The van der Waals surface area contributed by atoms with E-state index in [0.717, 1.165) is 18.4 Å². The molecule has 0 aliphatic carbocycles. The van der Waals surface area contributed by atoms with E-state index in [2.05, 4.69) is 10.2 Å². The van der Waals surface area contributed by atoms with Gasteiger partial charge in [0.15, 0.2) is 0 Å². The summed E-state index contributed by atoms with van der Waals surface area (Å²) in [6.07, 6.45) is 0. The summed E-state index contributed by atoms with van der Waals surface area (Å²) in [5, 5.41) is 2.05. The van der Waals surface area contributed by atoms with Crippen LogP contribution >= 0.6 is 34.8 Å². The molecule has 0 aliphatic heterocycles. The van der Waals surface area contributed by atoms with Gasteiger partial charge in [-0.1, -0.05) is 40.9 Å². The van der Waals surface area contributed by atoms with Crippen molar-refractivity contribution in [3.63, 3.8) is 0 Å². The van der Waals surface area contributed by atoms with Crippen LogP contribution in [0.15, 0.2) is 12.1 Å². The van der Waals surface area contributed by atoms with Crippen LogP contribution in [-0.2, 0) is 4.74 Å². The van der Waals surface area contributed by atoms with E-state index in [1.807, 2.05) is 13.8 Å². The predicted octanol–water partition coefficient (Wildman–Crippen LogP) is 3.48. The van der Waals surface area contributed by atoms with Gasteiger partial charge >= 0.3 is 0 Å². The highest BCUT2D eigenvalue weighted by atomic mass is 35.5. The van der Waals surface area contributed by atoms with Crippen LogP contribution in [0.1, 0.15) is 13.8 Å². The third-order valence-electron chi connectivity index (χ3n) is 1.44. The first kappa shape index (κ1) is 15.3. The fourth-order valence-electron chi connectivity index (χ4n) is 0.730. The third kappa shape index (κ3) is 5.78. The Bertz CT molecular complexity index is 276. The van der Waals surface area contributed by atoms with E-state index in [4.69, 9.17) is 39.5 Å². The van der Waals surface area contributed by atoms with Crippen LogP contribution in [0, 0.1) is 0 Å². The highest BCUT2D eigenvalue weighted by Crippen LogP contribution is 2.27. The molecule has 83 valence electrons. The van der Waals surface area contributed by atoms with Gasteiger partial charge < -0.3 is 4.74 Å². The molecule has 1 aromatic carbocycles. The molecule has 0 saturated carbocycles. The van der Waals surface area contributed by atoms with Gasteiger partial charge in [0, 0.05) is 13.2 Å². The molecule has 0 atom stereocenters. The van der Waals surface area contributed by atoms with Crippen molar-refractivity contribution in [1.82, 2.24) is 0 Å². The zero-order valence-corrected chi connectivity index (χ0v) is 11.9. The van der Waals surface area contributed by atoms with Crippen LogP contribution in [0.2, 0.25) is 15.1 Å². The summed E-state index contributed by atoms with van der Waals surface area (Å²) >= 11 is 17.1. The molecule has 15 heavy (non-hydrogen) atoms. The van der Waals surface area contributed by atoms with E-state index in [9.17, 15) is 0 Å². The van der Waals surface area contributed by atoms with Crippen molar-refractivity contribution in [2.75, 3.05) is 13.2 Å². The van der Waals surface area contributed by atoms with Crippen molar-refractivity contribution in [3.05, 3.63) is 27.2 Å². The number of benzene rings is 1. The lowest BCUT2D eigenvalue weighted by molar-refractivity contribution is 0.162. The van der Waals surface area contributed by atoms with E-state index in [1.54, 1.807) is 12.1 Å². The second kappa shape index (κ2) is 8.42. The number of halogens is 3. The quantitative estimate of drug-likeness (QED) is 0.596. The molecule has 0 fully saturated rings. The summed E-state index contributed by atoms with van der Waals surface area (Å²) in [6, 6.07) is 3.42. The molecule has 1 nitrogen and oxygen atoms in total. The maximum Gasteiger partial charge on any atom is 0.0776 e. The molecule has 1 aromatic rings. The van der Waals surface area contributed by atoms with Gasteiger partial charge in [-0.05, 0) is 25.1 Å². The summed E-state index contributed by atoms with van der Waals surface area (Å²) in [5.74, 6) is 0. The molecule has 5 heteroatoms. The van der Waals surface area contributed by atoms with Crippen LogP contribution in [-0.4, -0.2) is 23.5 Å². The van der Waals surface area contributed by atoms with Crippen molar-refractivity contribution < 1.29 is 4.74 Å². The lowest BCUT2D eigenvalue weighted by Crippen LogP contribution is -2.02. The average Bonchev–Trinajstić information content (AvgIpc) is 2.23. The van der Waals surface area contributed by atoms with Crippen molar-refractivity contribution in [2.45, 2.75) is 13.8 Å². The second-order valence-corrected chi connectivity index (χ2v) is 4.21. The summed E-state index contributed by atoms with van der Waals surface area (Å²) in [7, 11) is 3.25. The first-order valence-electron chi connectivity index (χ1n) is 4.47. The molecule has 1 rings (SSSR count). The van der Waals surface area contributed by atoms with Crippen molar-refractivity contribution >= 4 is 50.2 Å². The Morgan fingerprint density at radius 1 is 1.07 bits per heavy atom. The van der Waals surface area contributed by atoms with E-state index in [0.29, 0.717) is 15.1 Å². The largest absolute Gasteiger partial charge is 0.382 e. The molecule has 0 amide bonds. The van der Waals surface area contributed by atoms with E-state index in [1.165, 1.54) is 0 Å². The summed E-state index contributed by atoms with van der Waals surface area (Å²) < 4.78 is 4.83. The highest BCUT2D eigenvalue weighted by molar-refractivity contribution is 6.53. The fraction of sp³-hybridized carbons (Fsp3) is 0.400. The summed E-state index contributed by atoms with van der Waals surface area (Å²) in [6.45, 7) is 5.67. The van der Waals surface area contributed by atoms with Gasteiger partial charge in [0.05, 0.1) is 25.3 Å². The third-order valence-corrected chi connectivity index (χ3v) is 3.31. The Morgan fingerprint density at radius 2 is 1.60 bits per heavy atom. The van der Waals surface area contributed by atoms with Crippen molar-refractivity contribution in [2.24, 2.45) is 0 Å². The van der Waals surface area contributed by atoms with Crippen molar-refractivity contribution in [1.29, 1.82) is 0 Å². The number of rotatable bonds is 2. The first-order valence-corrected chi connectivity index (χ1v) is 6.10.